The second-order valence-electron chi connectivity index (χ2n) is 4.92. The summed E-state index contributed by atoms with van der Waals surface area (Å²) in [6, 6.07) is 12.1. The summed E-state index contributed by atoms with van der Waals surface area (Å²) in [6.07, 6.45) is 0. The molecule has 0 aliphatic rings. The highest BCUT2D eigenvalue weighted by atomic mass is 32.2. The Hall–Kier alpha value is -1.96. The van der Waals surface area contributed by atoms with Crippen LogP contribution in [0.25, 0.3) is 0 Å². The van der Waals surface area contributed by atoms with Crippen LogP contribution in [0.15, 0.2) is 47.4 Å². The van der Waals surface area contributed by atoms with Crippen LogP contribution in [-0.4, -0.2) is 13.5 Å². The molecule has 0 bridgehead atoms. The Bertz CT molecular complexity index is 780. The Labute approximate surface area is 135 Å². The average Bonchev–Trinajstić information content (AvgIpc) is 2.43. The lowest BCUT2D eigenvalue weighted by Crippen LogP contribution is -2.20. The van der Waals surface area contributed by atoms with Gasteiger partial charge in [-0.15, -0.1) is 0 Å². The summed E-state index contributed by atoms with van der Waals surface area (Å²) in [5.41, 5.74) is 3.82. The number of para-hydroxylation sites is 1. The molecule has 0 aromatic heterocycles. The first kappa shape index (κ1) is 16.4. The summed E-state index contributed by atoms with van der Waals surface area (Å²) in [5.74, 6) is 0. The van der Waals surface area contributed by atoms with E-state index >= 15 is 0 Å². The van der Waals surface area contributed by atoms with Crippen molar-refractivity contribution in [1.29, 1.82) is 0 Å². The summed E-state index contributed by atoms with van der Waals surface area (Å²) >= 11 is 5.28. The van der Waals surface area contributed by atoms with Crippen molar-refractivity contribution in [1.82, 2.24) is 0 Å². The van der Waals surface area contributed by atoms with E-state index in [1.54, 1.807) is 12.1 Å². The molecule has 0 spiro atoms. The van der Waals surface area contributed by atoms with Gasteiger partial charge in [0.25, 0.3) is 0 Å². The van der Waals surface area contributed by atoms with Crippen molar-refractivity contribution in [3.63, 3.8) is 0 Å². The van der Waals surface area contributed by atoms with Crippen molar-refractivity contribution in [2.75, 3.05) is 10.6 Å². The van der Waals surface area contributed by atoms with Crippen LogP contribution in [0.2, 0.25) is 0 Å². The van der Waals surface area contributed by atoms with Crippen LogP contribution in [-0.2, 0) is 10.0 Å². The van der Waals surface area contributed by atoms with Crippen molar-refractivity contribution in [2.24, 2.45) is 5.14 Å². The molecule has 5 nitrogen and oxygen atoms in total. The number of thiocarbonyl (C=S) groups is 1. The SMILES string of the molecule is Cc1cccc(C)c1NC(=S)Nc1ccc(S(N)(=O)=O)cc1. The number of benzene rings is 2. The van der Waals surface area contributed by atoms with Gasteiger partial charge in [-0.25, -0.2) is 13.6 Å². The molecule has 0 unspecified atom stereocenters. The minimum absolute atomic E-state index is 0.0617. The third-order valence-electron chi connectivity index (χ3n) is 3.16. The van der Waals surface area contributed by atoms with Crippen LogP contribution >= 0.6 is 12.2 Å². The third-order valence-corrected chi connectivity index (χ3v) is 4.29. The van der Waals surface area contributed by atoms with Crippen LogP contribution in [0.4, 0.5) is 11.4 Å². The maximum absolute atomic E-state index is 11.2. The fraction of sp³-hybridized carbons (Fsp3) is 0.133. The maximum atomic E-state index is 11.2. The number of primary sulfonamides is 1. The molecule has 0 fully saturated rings. The first-order valence-corrected chi connectivity index (χ1v) is 8.50. The van der Waals surface area contributed by atoms with E-state index < -0.39 is 10.0 Å². The Balaban J connectivity index is 2.10. The Kier molecular flexibility index (Phi) is 4.80. The zero-order valence-electron chi connectivity index (χ0n) is 12.3. The second-order valence-corrected chi connectivity index (χ2v) is 6.88. The van der Waals surface area contributed by atoms with Gasteiger partial charge in [0.2, 0.25) is 10.0 Å². The number of hydrogen-bond acceptors (Lipinski definition) is 3. The molecule has 0 amide bonds. The molecule has 0 heterocycles. The zero-order valence-corrected chi connectivity index (χ0v) is 13.9. The molecule has 0 aliphatic carbocycles. The molecule has 0 aliphatic heterocycles. The molecular formula is C15H17N3O2S2. The van der Waals surface area contributed by atoms with Gasteiger partial charge in [-0.1, -0.05) is 18.2 Å². The Morgan fingerprint density at radius 1 is 1.00 bits per heavy atom. The van der Waals surface area contributed by atoms with Gasteiger partial charge in [0.05, 0.1) is 4.90 Å². The van der Waals surface area contributed by atoms with Crippen LogP contribution in [0, 0.1) is 13.8 Å². The van der Waals surface area contributed by atoms with Gasteiger partial charge in [0.15, 0.2) is 5.11 Å². The van der Waals surface area contributed by atoms with E-state index in [1.165, 1.54) is 12.1 Å². The van der Waals surface area contributed by atoms with E-state index in [4.69, 9.17) is 17.4 Å². The van der Waals surface area contributed by atoms with Crippen LogP contribution in [0.5, 0.6) is 0 Å². The minimum Gasteiger partial charge on any atom is -0.332 e. The fourth-order valence-corrected chi connectivity index (χ4v) is 2.75. The second kappa shape index (κ2) is 6.43. The molecular weight excluding hydrogens is 318 g/mol. The van der Waals surface area contributed by atoms with E-state index in [9.17, 15) is 8.42 Å². The maximum Gasteiger partial charge on any atom is 0.238 e. The molecule has 0 atom stereocenters. The predicted molar refractivity (Wildman–Crippen MR) is 93.6 cm³/mol. The average molecular weight is 335 g/mol. The minimum atomic E-state index is -3.68. The number of rotatable bonds is 3. The smallest absolute Gasteiger partial charge is 0.238 e. The lowest BCUT2D eigenvalue weighted by atomic mass is 10.1. The molecule has 2 aromatic rings. The van der Waals surface area contributed by atoms with Gasteiger partial charge in [0, 0.05) is 11.4 Å². The lowest BCUT2D eigenvalue weighted by molar-refractivity contribution is 0.598. The van der Waals surface area contributed by atoms with E-state index in [1.807, 2.05) is 32.0 Å². The van der Waals surface area contributed by atoms with Gasteiger partial charge >= 0.3 is 0 Å². The van der Waals surface area contributed by atoms with Crippen molar-refractivity contribution >= 4 is 38.7 Å². The molecule has 2 aromatic carbocycles. The van der Waals surface area contributed by atoms with Gasteiger partial charge in [-0.2, -0.15) is 0 Å². The summed E-state index contributed by atoms with van der Waals surface area (Å²) in [5, 5.41) is 11.6. The highest BCUT2D eigenvalue weighted by Crippen LogP contribution is 2.20. The standard InChI is InChI=1S/C15H17N3O2S2/c1-10-4-3-5-11(2)14(10)18-15(21)17-12-6-8-13(9-7-12)22(16,19)20/h3-9H,1-2H3,(H2,16,19,20)(H2,17,18,21). The third kappa shape index (κ3) is 4.03. The number of anilines is 2. The molecule has 116 valence electrons. The summed E-state index contributed by atoms with van der Waals surface area (Å²) in [7, 11) is -3.68. The molecule has 22 heavy (non-hydrogen) atoms. The van der Waals surface area contributed by atoms with Gasteiger partial charge in [0.1, 0.15) is 0 Å². The van der Waals surface area contributed by atoms with Crippen molar-refractivity contribution in [2.45, 2.75) is 18.7 Å². The predicted octanol–water partition coefficient (Wildman–Crippen LogP) is 2.76. The van der Waals surface area contributed by atoms with Gasteiger partial charge in [-0.3, -0.25) is 0 Å². The van der Waals surface area contributed by atoms with Crippen molar-refractivity contribution in [3.8, 4) is 0 Å². The highest BCUT2D eigenvalue weighted by molar-refractivity contribution is 7.89. The summed E-state index contributed by atoms with van der Waals surface area (Å²) in [6.45, 7) is 4.00. The van der Waals surface area contributed by atoms with E-state index in [2.05, 4.69) is 10.6 Å². The van der Waals surface area contributed by atoms with Gasteiger partial charge < -0.3 is 10.6 Å². The molecule has 2 rings (SSSR count). The van der Waals surface area contributed by atoms with E-state index in [0.29, 0.717) is 10.8 Å². The van der Waals surface area contributed by atoms with Crippen molar-refractivity contribution < 1.29 is 8.42 Å². The Morgan fingerprint density at radius 2 is 1.55 bits per heavy atom. The molecule has 4 N–H and O–H groups in total. The number of nitrogens with one attached hydrogen (secondary N) is 2. The monoisotopic (exact) mass is 335 g/mol. The Morgan fingerprint density at radius 3 is 2.05 bits per heavy atom. The quantitative estimate of drug-likeness (QED) is 0.751. The topological polar surface area (TPSA) is 84.2 Å². The number of aryl methyl sites for hydroxylation is 2. The largest absolute Gasteiger partial charge is 0.332 e. The molecule has 0 saturated carbocycles. The van der Waals surface area contributed by atoms with Crippen LogP contribution < -0.4 is 15.8 Å². The lowest BCUT2D eigenvalue weighted by Gasteiger charge is -2.14. The van der Waals surface area contributed by atoms with Crippen LogP contribution in [0.3, 0.4) is 0 Å². The number of sulfonamides is 1. The number of hydrogen-bond donors (Lipinski definition) is 3. The first-order valence-electron chi connectivity index (χ1n) is 6.54. The van der Waals surface area contributed by atoms with Crippen molar-refractivity contribution in [3.05, 3.63) is 53.6 Å². The van der Waals surface area contributed by atoms with E-state index in [-0.39, 0.29) is 4.90 Å². The normalized spacial score (nSPS) is 11.0. The summed E-state index contributed by atoms with van der Waals surface area (Å²) in [4.78, 5) is 0.0617. The van der Waals surface area contributed by atoms with Crippen LogP contribution in [0.1, 0.15) is 11.1 Å². The molecule has 0 radical (unpaired) electrons. The highest BCUT2D eigenvalue weighted by Gasteiger charge is 2.08. The fourth-order valence-electron chi connectivity index (χ4n) is 2.02. The first-order chi connectivity index (χ1) is 10.3. The van der Waals surface area contributed by atoms with E-state index in [0.717, 1.165) is 16.8 Å². The summed E-state index contributed by atoms with van der Waals surface area (Å²) < 4.78 is 22.4. The molecule has 0 saturated heterocycles. The zero-order chi connectivity index (χ0) is 16.3. The van der Waals surface area contributed by atoms with Gasteiger partial charge in [-0.05, 0) is 61.5 Å². The number of nitrogens with two attached hydrogens (primary N) is 1. The molecule has 7 heteroatoms.